The van der Waals surface area contributed by atoms with Gasteiger partial charge in [-0.2, -0.15) is 5.10 Å². The minimum Gasteiger partial charge on any atom is -0.494 e. The highest BCUT2D eigenvalue weighted by Crippen LogP contribution is 2.38. The lowest BCUT2D eigenvalue weighted by Gasteiger charge is -2.17. The molecule has 0 spiro atoms. The van der Waals surface area contributed by atoms with Crippen LogP contribution in [0.25, 0.3) is 11.4 Å². The molecule has 11 heteroatoms. The standard InChI is InChI=1S/C21H24N8O3/c1-11-7-13(19-23-10-29(3)28-19)18(32-4)15(8-11)24-14-9-16(25-20(30)12-5-6-12)26-27-17(14)21(31)22-2/h7-10,12H,5-6H2,1-4H3,(H,22,31)(H2,24,25,26,30)/i2D3. The van der Waals surface area contributed by atoms with E-state index in [1.165, 1.54) is 13.2 Å². The first-order valence-corrected chi connectivity index (χ1v) is 9.87. The second-order valence-corrected chi connectivity index (χ2v) is 7.47. The number of methoxy groups -OCH3 is 1. The van der Waals surface area contributed by atoms with Crippen LogP contribution in [0.1, 0.15) is 33.0 Å². The van der Waals surface area contributed by atoms with Gasteiger partial charge in [-0.1, -0.05) is 0 Å². The molecule has 3 aromatic rings. The summed E-state index contributed by atoms with van der Waals surface area (Å²) in [5, 5.41) is 19.8. The Morgan fingerprint density at radius 3 is 2.69 bits per heavy atom. The number of carbonyl (C=O) groups excluding carboxylic acids is 2. The zero-order chi connectivity index (χ0) is 25.3. The molecule has 0 atom stereocenters. The number of hydrogen-bond acceptors (Lipinski definition) is 8. The molecule has 0 aliphatic heterocycles. The van der Waals surface area contributed by atoms with E-state index in [4.69, 9.17) is 8.85 Å². The highest BCUT2D eigenvalue weighted by Gasteiger charge is 2.30. The molecule has 3 N–H and O–H groups in total. The summed E-state index contributed by atoms with van der Waals surface area (Å²) in [5.74, 6) is -0.281. The fourth-order valence-corrected chi connectivity index (χ4v) is 3.21. The van der Waals surface area contributed by atoms with Gasteiger partial charge >= 0.3 is 0 Å². The Hall–Kier alpha value is -4.02. The number of nitrogens with one attached hydrogen (secondary N) is 3. The van der Waals surface area contributed by atoms with Gasteiger partial charge in [0.1, 0.15) is 6.33 Å². The van der Waals surface area contributed by atoms with Crippen molar-refractivity contribution >= 4 is 29.0 Å². The Labute approximate surface area is 188 Å². The monoisotopic (exact) mass is 439 g/mol. The Morgan fingerprint density at radius 1 is 1.22 bits per heavy atom. The SMILES string of the molecule is [2H]C([2H])([2H])NC(=O)c1nnc(NC(=O)C2CC2)cc1Nc1cc(C)cc(-c2ncn(C)n2)c1OC. The van der Waals surface area contributed by atoms with Crippen LogP contribution < -0.4 is 20.7 Å². The highest BCUT2D eigenvalue weighted by molar-refractivity contribution is 6.00. The van der Waals surface area contributed by atoms with E-state index >= 15 is 0 Å². The molecule has 0 unspecified atom stereocenters. The number of benzene rings is 1. The quantitative estimate of drug-likeness (QED) is 0.509. The number of rotatable bonds is 7. The van der Waals surface area contributed by atoms with Crippen LogP contribution >= 0.6 is 0 Å². The third kappa shape index (κ3) is 4.36. The molecule has 2 aromatic heterocycles. The van der Waals surface area contributed by atoms with Gasteiger partial charge in [0.05, 0.1) is 24.0 Å². The normalized spacial score (nSPS) is 14.7. The smallest absolute Gasteiger partial charge is 0.273 e. The first kappa shape index (κ1) is 17.6. The number of anilines is 3. The average molecular weight is 439 g/mol. The van der Waals surface area contributed by atoms with Crippen LogP contribution in [0.15, 0.2) is 24.5 Å². The number of aryl methyl sites for hydroxylation is 2. The van der Waals surface area contributed by atoms with Crippen LogP contribution in [0.3, 0.4) is 0 Å². The van der Waals surface area contributed by atoms with Gasteiger partial charge in [0, 0.05) is 30.1 Å². The van der Waals surface area contributed by atoms with Crippen molar-refractivity contribution in [2.24, 2.45) is 13.0 Å². The van der Waals surface area contributed by atoms with Crippen molar-refractivity contribution in [1.82, 2.24) is 30.3 Å². The molecule has 11 nitrogen and oxygen atoms in total. The van der Waals surface area contributed by atoms with E-state index in [0.717, 1.165) is 18.4 Å². The summed E-state index contributed by atoms with van der Waals surface area (Å²) >= 11 is 0. The maximum atomic E-state index is 12.7. The van der Waals surface area contributed by atoms with Crippen molar-refractivity contribution in [3.8, 4) is 17.1 Å². The fraction of sp³-hybridized carbons (Fsp3) is 0.333. The lowest BCUT2D eigenvalue weighted by molar-refractivity contribution is -0.117. The molecule has 4 rings (SSSR count). The molecule has 0 saturated heterocycles. The largest absolute Gasteiger partial charge is 0.494 e. The zero-order valence-electron chi connectivity index (χ0n) is 20.8. The van der Waals surface area contributed by atoms with E-state index < -0.39 is 12.9 Å². The van der Waals surface area contributed by atoms with Crippen LogP contribution in [0.5, 0.6) is 5.75 Å². The minimum absolute atomic E-state index is 0.0722. The summed E-state index contributed by atoms with van der Waals surface area (Å²) in [6.07, 6.45) is 3.16. The van der Waals surface area contributed by atoms with Crippen LogP contribution in [-0.2, 0) is 11.8 Å². The van der Waals surface area contributed by atoms with Gasteiger partial charge in [-0.3, -0.25) is 14.3 Å². The lowest BCUT2D eigenvalue weighted by Crippen LogP contribution is -2.22. The third-order valence-corrected chi connectivity index (χ3v) is 4.87. The van der Waals surface area contributed by atoms with Gasteiger partial charge in [-0.05, 0) is 37.5 Å². The zero-order valence-corrected chi connectivity index (χ0v) is 17.8. The Kier molecular flexibility index (Phi) is 4.75. The average Bonchev–Trinajstić information content (AvgIpc) is 3.53. The summed E-state index contributed by atoms with van der Waals surface area (Å²) in [7, 11) is 3.23. The minimum atomic E-state index is -2.73. The maximum Gasteiger partial charge on any atom is 0.273 e. The molecule has 2 amide bonds. The first-order chi connectivity index (χ1) is 16.5. The molecule has 1 aliphatic carbocycles. The topological polar surface area (TPSA) is 136 Å². The summed E-state index contributed by atoms with van der Waals surface area (Å²) < 4.78 is 29.2. The lowest BCUT2D eigenvalue weighted by atomic mass is 10.1. The van der Waals surface area contributed by atoms with E-state index in [1.807, 2.05) is 18.3 Å². The molecule has 1 aliphatic rings. The predicted molar refractivity (Wildman–Crippen MR) is 118 cm³/mol. The second kappa shape index (κ2) is 8.61. The predicted octanol–water partition coefficient (Wildman–Crippen LogP) is 2.04. The van der Waals surface area contributed by atoms with Crippen LogP contribution in [0, 0.1) is 12.8 Å². The molecule has 0 bridgehead atoms. The fourth-order valence-electron chi connectivity index (χ4n) is 3.21. The molecule has 2 heterocycles. The molecule has 1 fully saturated rings. The van der Waals surface area contributed by atoms with E-state index in [9.17, 15) is 9.59 Å². The van der Waals surface area contributed by atoms with E-state index in [2.05, 4.69) is 30.9 Å². The number of ether oxygens (including phenoxy) is 1. The molecular formula is C21H24N8O3. The number of aromatic nitrogens is 5. The van der Waals surface area contributed by atoms with Gasteiger partial charge in [-0.25, -0.2) is 4.98 Å². The molecule has 166 valence electrons. The van der Waals surface area contributed by atoms with Crippen LogP contribution in [0.4, 0.5) is 17.2 Å². The Balaban J connectivity index is 1.76. The van der Waals surface area contributed by atoms with Gasteiger partial charge in [0.2, 0.25) is 5.91 Å². The first-order valence-electron chi connectivity index (χ1n) is 11.4. The third-order valence-electron chi connectivity index (χ3n) is 4.87. The van der Waals surface area contributed by atoms with Crippen molar-refractivity contribution in [3.05, 3.63) is 35.8 Å². The van der Waals surface area contributed by atoms with Gasteiger partial charge in [-0.15, -0.1) is 10.2 Å². The number of nitrogens with zero attached hydrogens (tertiary/aromatic N) is 5. The second-order valence-electron chi connectivity index (χ2n) is 7.47. The van der Waals surface area contributed by atoms with Crippen molar-refractivity contribution in [2.45, 2.75) is 19.8 Å². The van der Waals surface area contributed by atoms with E-state index in [1.54, 1.807) is 24.1 Å². The van der Waals surface area contributed by atoms with E-state index in [0.29, 0.717) is 22.8 Å². The van der Waals surface area contributed by atoms with E-state index in [-0.39, 0.29) is 29.0 Å². The summed E-state index contributed by atoms with van der Waals surface area (Å²) in [4.78, 5) is 29.2. The molecular weight excluding hydrogens is 412 g/mol. The van der Waals surface area contributed by atoms with Crippen molar-refractivity contribution in [3.63, 3.8) is 0 Å². The Bertz CT molecular complexity index is 1290. The number of carbonyl (C=O) groups is 2. The molecule has 1 aromatic carbocycles. The highest BCUT2D eigenvalue weighted by atomic mass is 16.5. The van der Waals surface area contributed by atoms with Gasteiger partial charge in [0.15, 0.2) is 23.1 Å². The van der Waals surface area contributed by atoms with Crippen molar-refractivity contribution in [1.29, 1.82) is 0 Å². The molecule has 0 radical (unpaired) electrons. The molecule has 1 saturated carbocycles. The number of hydrogen-bond donors (Lipinski definition) is 3. The maximum absolute atomic E-state index is 12.7. The molecule has 32 heavy (non-hydrogen) atoms. The van der Waals surface area contributed by atoms with Gasteiger partial charge < -0.3 is 20.7 Å². The van der Waals surface area contributed by atoms with Gasteiger partial charge in [0.25, 0.3) is 5.91 Å². The van der Waals surface area contributed by atoms with Crippen LogP contribution in [0.2, 0.25) is 0 Å². The van der Waals surface area contributed by atoms with Crippen molar-refractivity contribution in [2.75, 3.05) is 24.7 Å². The summed E-state index contributed by atoms with van der Waals surface area (Å²) in [6.45, 7) is -0.862. The van der Waals surface area contributed by atoms with Crippen molar-refractivity contribution < 1.29 is 18.4 Å². The van der Waals surface area contributed by atoms with Crippen LogP contribution in [-0.4, -0.2) is 50.9 Å². The summed E-state index contributed by atoms with van der Waals surface area (Å²) in [6, 6.07) is 5.05. The Morgan fingerprint density at radius 2 is 2.03 bits per heavy atom. The number of amides is 2. The summed E-state index contributed by atoms with van der Waals surface area (Å²) in [5.41, 5.74) is 1.75.